The molecule has 0 radical (unpaired) electrons. The third kappa shape index (κ3) is 2.33. The molecule has 2 aromatic carbocycles. The lowest BCUT2D eigenvalue weighted by molar-refractivity contribution is 0.1000. The van der Waals surface area contributed by atoms with Crippen LogP contribution in [-0.2, 0) is 6.54 Å². The standard InChI is InChI=1S/C15H14N4O/c16-15(20)11-4-1-3-10(7-11)8-17-13-5-2-6-14-12(13)9-18-19-14/h1-7,9,17H,8H2,(H2,16,20)(H,18,19). The van der Waals surface area contributed by atoms with Crippen LogP contribution in [0, 0.1) is 0 Å². The monoisotopic (exact) mass is 266 g/mol. The quantitative estimate of drug-likeness (QED) is 0.677. The number of fused-ring (bicyclic) bond motifs is 1. The minimum Gasteiger partial charge on any atom is -0.380 e. The summed E-state index contributed by atoms with van der Waals surface area (Å²) >= 11 is 0. The second kappa shape index (κ2) is 5.05. The molecule has 1 amide bonds. The van der Waals surface area contributed by atoms with Gasteiger partial charge in [-0.25, -0.2) is 0 Å². The Bertz CT molecular complexity index is 763. The van der Waals surface area contributed by atoms with Gasteiger partial charge in [0.1, 0.15) is 0 Å². The van der Waals surface area contributed by atoms with Crippen molar-refractivity contribution in [1.29, 1.82) is 0 Å². The zero-order chi connectivity index (χ0) is 13.9. The van der Waals surface area contributed by atoms with Gasteiger partial charge in [0.25, 0.3) is 0 Å². The van der Waals surface area contributed by atoms with E-state index < -0.39 is 5.91 Å². The largest absolute Gasteiger partial charge is 0.380 e. The summed E-state index contributed by atoms with van der Waals surface area (Å²) in [6.07, 6.45) is 1.79. The number of nitrogens with one attached hydrogen (secondary N) is 2. The number of aromatic nitrogens is 2. The highest BCUT2D eigenvalue weighted by Gasteiger charge is 2.04. The number of benzene rings is 2. The summed E-state index contributed by atoms with van der Waals surface area (Å²) in [7, 11) is 0. The van der Waals surface area contributed by atoms with Crippen molar-refractivity contribution in [3.8, 4) is 0 Å². The molecule has 0 fully saturated rings. The van der Waals surface area contributed by atoms with Crippen LogP contribution in [0.3, 0.4) is 0 Å². The molecule has 0 aliphatic rings. The number of carbonyl (C=O) groups excluding carboxylic acids is 1. The number of carbonyl (C=O) groups is 1. The van der Waals surface area contributed by atoms with E-state index in [1.54, 1.807) is 18.3 Å². The number of H-pyrrole nitrogens is 1. The van der Waals surface area contributed by atoms with Gasteiger partial charge in [-0.05, 0) is 29.8 Å². The van der Waals surface area contributed by atoms with E-state index in [1.807, 2.05) is 30.3 Å². The van der Waals surface area contributed by atoms with Gasteiger partial charge in [-0.1, -0.05) is 18.2 Å². The number of hydrogen-bond donors (Lipinski definition) is 3. The van der Waals surface area contributed by atoms with Gasteiger partial charge in [0, 0.05) is 23.2 Å². The van der Waals surface area contributed by atoms with Crippen molar-refractivity contribution in [3.63, 3.8) is 0 Å². The lowest BCUT2D eigenvalue weighted by Crippen LogP contribution is -2.11. The summed E-state index contributed by atoms with van der Waals surface area (Å²) < 4.78 is 0. The number of amides is 1. The Morgan fingerprint density at radius 1 is 1.25 bits per heavy atom. The molecule has 100 valence electrons. The van der Waals surface area contributed by atoms with Crippen LogP contribution in [0.4, 0.5) is 5.69 Å². The molecule has 0 unspecified atom stereocenters. The number of hydrogen-bond acceptors (Lipinski definition) is 3. The van der Waals surface area contributed by atoms with Crippen LogP contribution >= 0.6 is 0 Å². The zero-order valence-corrected chi connectivity index (χ0v) is 10.8. The first kappa shape index (κ1) is 12.2. The Morgan fingerprint density at radius 3 is 2.95 bits per heavy atom. The Morgan fingerprint density at radius 2 is 2.10 bits per heavy atom. The van der Waals surface area contributed by atoms with Crippen LogP contribution in [-0.4, -0.2) is 16.1 Å². The topological polar surface area (TPSA) is 83.8 Å². The fraction of sp³-hybridized carbons (Fsp3) is 0.0667. The van der Waals surface area contributed by atoms with Crippen molar-refractivity contribution in [2.24, 2.45) is 5.73 Å². The Kier molecular flexibility index (Phi) is 3.09. The van der Waals surface area contributed by atoms with Gasteiger partial charge in [0.2, 0.25) is 5.91 Å². The summed E-state index contributed by atoms with van der Waals surface area (Å²) in [4.78, 5) is 11.2. The highest BCUT2D eigenvalue weighted by atomic mass is 16.1. The van der Waals surface area contributed by atoms with Gasteiger partial charge < -0.3 is 11.1 Å². The molecule has 0 saturated carbocycles. The van der Waals surface area contributed by atoms with Crippen LogP contribution in [0.2, 0.25) is 0 Å². The first-order chi connectivity index (χ1) is 9.74. The van der Waals surface area contributed by atoms with Gasteiger partial charge in [-0.2, -0.15) is 5.10 Å². The molecule has 20 heavy (non-hydrogen) atoms. The molecular formula is C15H14N4O. The molecule has 3 aromatic rings. The van der Waals surface area contributed by atoms with Crippen molar-refractivity contribution in [1.82, 2.24) is 10.2 Å². The molecular weight excluding hydrogens is 252 g/mol. The number of anilines is 1. The van der Waals surface area contributed by atoms with Crippen molar-refractivity contribution in [2.45, 2.75) is 6.54 Å². The average Bonchev–Trinajstić information content (AvgIpc) is 2.94. The molecule has 5 nitrogen and oxygen atoms in total. The molecule has 1 aromatic heterocycles. The van der Waals surface area contributed by atoms with Gasteiger partial charge in [0.05, 0.1) is 11.7 Å². The Balaban J connectivity index is 1.81. The Labute approximate surface area is 115 Å². The van der Waals surface area contributed by atoms with Gasteiger partial charge in [-0.15, -0.1) is 0 Å². The smallest absolute Gasteiger partial charge is 0.248 e. The predicted octanol–water partition coefficient (Wildman–Crippen LogP) is 2.27. The highest BCUT2D eigenvalue weighted by molar-refractivity contribution is 5.93. The van der Waals surface area contributed by atoms with E-state index in [2.05, 4.69) is 15.5 Å². The van der Waals surface area contributed by atoms with Gasteiger partial charge in [-0.3, -0.25) is 9.89 Å². The Hall–Kier alpha value is -2.82. The first-order valence-electron chi connectivity index (χ1n) is 6.29. The number of aromatic amines is 1. The van der Waals surface area contributed by atoms with Crippen molar-refractivity contribution in [2.75, 3.05) is 5.32 Å². The average molecular weight is 266 g/mol. The second-order valence-corrected chi connectivity index (χ2v) is 4.55. The minimum absolute atomic E-state index is 0.413. The van der Waals surface area contributed by atoms with E-state index in [4.69, 9.17) is 5.73 Å². The molecule has 1 heterocycles. The molecule has 4 N–H and O–H groups in total. The van der Waals surface area contributed by atoms with Crippen molar-refractivity contribution < 1.29 is 4.79 Å². The molecule has 0 aliphatic carbocycles. The number of rotatable bonds is 4. The molecule has 5 heteroatoms. The van der Waals surface area contributed by atoms with Gasteiger partial charge in [0.15, 0.2) is 0 Å². The normalized spacial score (nSPS) is 10.6. The molecule has 0 aliphatic heterocycles. The molecule has 3 rings (SSSR count). The fourth-order valence-corrected chi connectivity index (χ4v) is 2.15. The SMILES string of the molecule is NC(=O)c1cccc(CNc2cccc3[nH]ncc23)c1. The van der Waals surface area contributed by atoms with Crippen LogP contribution < -0.4 is 11.1 Å². The summed E-state index contributed by atoms with van der Waals surface area (Å²) in [5.41, 5.74) is 8.79. The maximum Gasteiger partial charge on any atom is 0.248 e. The van der Waals surface area contributed by atoms with Gasteiger partial charge >= 0.3 is 0 Å². The summed E-state index contributed by atoms with van der Waals surface area (Å²) in [6, 6.07) is 13.2. The maximum atomic E-state index is 11.2. The van der Waals surface area contributed by atoms with E-state index in [-0.39, 0.29) is 0 Å². The summed E-state index contributed by atoms with van der Waals surface area (Å²) in [5.74, 6) is -0.413. The second-order valence-electron chi connectivity index (χ2n) is 4.55. The lowest BCUT2D eigenvalue weighted by atomic mass is 10.1. The van der Waals surface area contributed by atoms with Crippen LogP contribution in [0.15, 0.2) is 48.7 Å². The summed E-state index contributed by atoms with van der Waals surface area (Å²) in [5, 5.41) is 11.3. The number of nitrogens with two attached hydrogens (primary N) is 1. The van der Waals surface area contributed by atoms with E-state index in [0.717, 1.165) is 22.2 Å². The molecule has 0 spiro atoms. The lowest BCUT2D eigenvalue weighted by Gasteiger charge is -2.08. The first-order valence-corrected chi connectivity index (χ1v) is 6.29. The zero-order valence-electron chi connectivity index (χ0n) is 10.8. The summed E-state index contributed by atoms with van der Waals surface area (Å²) in [6.45, 7) is 0.616. The minimum atomic E-state index is -0.413. The fourth-order valence-electron chi connectivity index (χ4n) is 2.15. The number of nitrogens with zero attached hydrogens (tertiary/aromatic N) is 1. The van der Waals surface area contributed by atoms with Crippen LogP contribution in [0.5, 0.6) is 0 Å². The third-order valence-electron chi connectivity index (χ3n) is 3.18. The van der Waals surface area contributed by atoms with Crippen LogP contribution in [0.25, 0.3) is 10.9 Å². The van der Waals surface area contributed by atoms with Crippen molar-refractivity contribution >= 4 is 22.5 Å². The van der Waals surface area contributed by atoms with Crippen LogP contribution in [0.1, 0.15) is 15.9 Å². The molecule has 0 atom stereocenters. The predicted molar refractivity (Wildman–Crippen MR) is 78.4 cm³/mol. The molecule has 0 saturated heterocycles. The van der Waals surface area contributed by atoms with E-state index in [9.17, 15) is 4.79 Å². The van der Waals surface area contributed by atoms with E-state index in [0.29, 0.717) is 12.1 Å². The highest BCUT2D eigenvalue weighted by Crippen LogP contribution is 2.21. The molecule has 0 bridgehead atoms. The third-order valence-corrected chi connectivity index (χ3v) is 3.18. The van der Waals surface area contributed by atoms with E-state index in [1.165, 1.54) is 0 Å². The number of primary amides is 1. The van der Waals surface area contributed by atoms with Crippen molar-refractivity contribution in [3.05, 3.63) is 59.8 Å². The van der Waals surface area contributed by atoms with E-state index >= 15 is 0 Å². The maximum absolute atomic E-state index is 11.2.